The summed E-state index contributed by atoms with van der Waals surface area (Å²) in [4.78, 5) is 34.0. The number of amides is 3. The van der Waals surface area contributed by atoms with E-state index in [1.54, 1.807) is 4.90 Å². The third-order valence-electron chi connectivity index (χ3n) is 5.78. The van der Waals surface area contributed by atoms with Crippen molar-refractivity contribution in [3.05, 3.63) is 77.0 Å². The number of carbonyl (C=O) groups excluding carboxylic acids is 2. The highest BCUT2D eigenvalue weighted by Gasteiger charge is 2.47. The summed E-state index contributed by atoms with van der Waals surface area (Å²) < 4.78 is 11.0. The van der Waals surface area contributed by atoms with Gasteiger partial charge < -0.3 is 14.2 Å². The number of hydrogen-bond acceptors (Lipinski definition) is 7. The van der Waals surface area contributed by atoms with Crippen LogP contribution in [0.25, 0.3) is 11.4 Å². The van der Waals surface area contributed by atoms with Gasteiger partial charge in [-0.2, -0.15) is 4.98 Å². The van der Waals surface area contributed by atoms with E-state index in [2.05, 4.69) is 10.1 Å². The molecule has 0 radical (unpaired) electrons. The van der Waals surface area contributed by atoms with Crippen LogP contribution in [-0.2, 0) is 17.9 Å². The van der Waals surface area contributed by atoms with Gasteiger partial charge in [-0.1, -0.05) is 47.1 Å². The van der Waals surface area contributed by atoms with Crippen LogP contribution >= 0.6 is 11.8 Å². The van der Waals surface area contributed by atoms with Gasteiger partial charge in [0.15, 0.2) is 0 Å². The van der Waals surface area contributed by atoms with E-state index >= 15 is 0 Å². The predicted molar refractivity (Wildman–Crippen MR) is 128 cm³/mol. The van der Waals surface area contributed by atoms with E-state index in [4.69, 9.17) is 9.26 Å². The van der Waals surface area contributed by atoms with Gasteiger partial charge in [0.05, 0.1) is 19.2 Å². The maximum Gasteiger partial charge on any atom is 0.328 e. The number of imide groups is 1. The predicted octanol–water partition coefficient (Wildman–Crippen LogP) is 4.41. The van der Waals surface area contributed by atoms with Crippen molar-refractivity contribution in [2.75, 3.05) is 6.61 Å². The Labute approximate surface area is 201 Å². The first-order valence-electron chi connectivity index (χ1n) is 11.1. The lowest BCUT2D eigenvalue weighted by molar-refractivity contribution is -0.132. The second-order valence-electron chi connectivity index (χ2n) is 8.17. The molecule has 0 saturated carbocycles. The van der Waals surface area contributed by atoms with Crippen molar-refractivity contribution < 1.29 is 18.8 Å². The van der Waals surface area contributed by atoms with Gasteiger partial charge >= 0.3 is 6.03 Å². The second kappa shape index (κ2) is 9.34. The molecule has 9 heteroatoms. The molecule has 2 aromatic carbocycles. The van der Waals surface area contributed by atoms with Crippen molar-refractivity contribution in [2.45, 2.75) is 38.2 Å². The zero-order chi connectivity index (χ0) is 23.7. The van der Waals surface area contributed by atoms with Crippen LogP contribution in [0.2, 0.25) is 0 Å². The van der Waals surface area contributed by atoms with E-state index in [0.717, 1.165) is 22.4 Å². The third-order valence-corrected chi connectivity index (χ3v) is 6.87. The molecule has 1 aromatic heterocycles. The molecule has 1 saturated heterocycles. The third kappa shape index (κ3) is 4.31. The van der Waals surface area contributed by atoms with Crippen molar-refractivity contribution in [1.29, 1.82) is 0 Å². The van der Waals surface area contributed by atoms with Crippen LogP contribution in [0.1, 0.15) is 23.9 Å². The number of aromatic nitrogens is 2. The van der Waals surface area contributed by atoms with Gasteiger partial charge in [-0.25, -0.2) is 4.79 Å². The largest absolute Gasteiger partial charge is 0.494 e. The number of hydrogen-bond donors (Lipinski definition) is 0. The molecule has 174 valence electrons. The minimum absolute atomic E-state index is 0.122. The highest BCUT2D eigenvalue weighted by molar-refractivity contribution is 8.03. The summed E-state index contributed by atoms with van der Waals surface area (Å²) >= 11 is 1.43. The average molecular weight is 477 g/mol. The van der Waals surface area contributed by atoms with Gasteiger partial charge in [0.1, 0.15) is 17.5 Å². The van der Waals surface area contributed by atoms with Gasteiger partial charge in [0, 0.05) is 5.56 Å². The molecule has 5 rings (SSSR count). The summed E-state index contributed by atoms with van der Waals surface area (Å²) in [7, 11) is 0. The highest BCUT2D eigenvalue weighted by atomic mass is 32.2. The number of benzene rings is 2. The minimum atomic E-state index is -0.389. The second-order valence-corrected chi connectivity index (χ2v) is 9.22. The van der Waals surface area contributed by atoms with Crippen LogP contribution in [0.4, 0.5) is 4.79 Å². The average Bonchev–Trinajstić information content (AvgIpc) is 3.51. The Balaban J connectivity index is 1.36. The minimum Gasteiger partial charge on any atom is -0.494 e. The molecule has 8 nitrogen and oxygen atoms in total. The molecule has 2 aliphatic rings. The Kier molecular flexibility index (Phi) is 6.10. The lowest BCUT2D eigenvalue weighted by atomic mass is 10.1. The standard InChI is InChI=1S/C25H24N4O4S/c1-3-32-19-9-7-17(8-10-19)14-29-24(30)22-20(11-12-34-22)28(25(29)31)15-21-26-23(27-33-21)18-6-4-5-16(2)13-18/h4-13,20,22H,3,14-15H2,1-2H3. The Morgan fingerprint density at radius 1 is 1.12 bits per heavy atom. The Morgan fingerprint density at radius 2 is 1.94 bits per heavy atom. The van der Waals surface area contributed by atoms with E-state index in [9.17, 15) is 9.59 Å². The molecule has 2 aliphatic heterocycles. The number of aryl methyl sites for hydroxylation is 1. The number of urea groups is 1. The molecule has 0 bridgehead atoms. The molecule has 3 aromatic rings. The highest BCUT2D eigenvalue weighted by Crippen LogP contribution is 2.36. The first kappa shape index (κ1) is 22.2. The summed E-state index contributed by atoms with van der Waals surface area (Å²) in [5, 5.41) is 5.57. The summed E-state index contributed by atoms with van der Waals surface area (Å²) in [6.45, 7) is 4.80. The normalized spacial score (nSPS) is 19.6. The van der Waals surface area contributed by atoms with Crippen molar-refractivity contribution in [3.8, 4) is 17.1 Å². The maximum absolute atomic E-state index is 13.5. The van der Waals surface area contributed by atoms with Crippen LogP contribution in [0.3, 0.4) is 0 Å². The number of rotatable bonds is 7. The van der Waals surface area contributed by atoms with E-state index in [1.807, 2.05) is 73.9 Å². The fraction of sp³-hybridized carbons (Fsp3) is 0.280. The zero-order valence-corrected chi connectivity index (χ0v) is 19.7. The molecule has 0 spiro atoms. The van der Waals surface area contributed by atoms with E-state index in [-0.39, 0.29) is 36.3 Å². The van der Waals surface area contributed by atoms with E-state index < -0.39 is 0 Å². The number of nitrogens with zero attached hydrogens (tertiary/aromatic N) is 4. The Morgan fingerprint density at radius 3 is 2.71 bits per heavy atom. The lowest BCUT2D eigenvalue weighted by Crippen LogP contribution is -2.61. The Hall–Kier alpha value is -3.59. The monoisotopic (exact) mass is 476 g/mol. The van der Waals surface area contributed by atoms with Crippen molar-refractivity contribution in [3.63, 3.8) is 0 Å². The summed E-state index contributed by atoms with van der Waals surface area (Å²) in [6, 6.07) is 14.5. The van der Waals surface area contributed by atoms with Crippen LogP contribution in [0.15, 0.2) is 64.5 Å². The molecular formula is C25H24N4O4S. The van der Waals surface area contributed by atoms with Crippen molar-refractivity contribution in [2.24, 2.45) is 0 Å². The van der Waals surface area contributed by atoms with Crippen molar-refractivity contribution in [1.82, 2.24) is 19.9 Å². The summed E-state index contributed by atoms with van der Waals surface area (Å²) in [5.41, 5.74) is 2.79. The molecule has 2 atom stereocenters. The summed E-state index contributed by atoms with van der Waals surface area (Å²) in [6.07, 6.45) is 1.89. The first-order valence-corrected chi connectivity index (χ1v) is 12.0. The van der Waals surface area contributed by atoms with Gasteiger partial charge in [-0.15, -0.1) is 11.8 Å². The van der Waals surface area contributed by atoms with Gasteiger partial charge in [-0.3, -0.25) is 9.69 Å². The SMILES string of the molecule is CCOc1ccc(CN2C(=O)C3SC=CC3N(Cc3nc(-c4cccc(C)c4)no3)C2=O)cc1. The van der Waals surface area contributed by atoms with Gasteiger partial charge in [-0.05, 0) is 43.0 Å². The van der Waals surface area contributed by atoms with E-state index in [1.165, 1.54) is 16.7 Å². The molecule has 3 amide bonds. The van der Waals surface area contributed by atoms with Crippen LogP contribution in [0, 0.1) is 6.92 Å². The molecule has 34 heavy (non-hydrogen) atoms. The maximum atomic E-state index is 13.5. The number of carbonyl (C=O) groups is 2. The fourth-order valence-electron chi connectivity index (χ4n) is 4.12. The van der Waals surface area contributed by atoms with E-state index in [0.29, 0.717) is 18.3 Å². The van der Waals surface area contributed by atoms with Gasteiger partial charge in [0.25, 0.3) is 0 Å². The zero-order valence-electron chi connectivity index (χ0n) is 18.9. The number of fused-ring (bicyclic) bond motifs is 1. The quantitative estimate of drug-likeness (QED) is 0.499. The molecular weight excluding hydrogens is 452 g/mol. The van der Waals surface area contributed by atoms with Crippen LogP contribution in [-0.4, -0.2) is 49.8 Å². The Bertz CT molecular complexity index is 1240. The van der Waals surface area contributed by atoms with Crippen LogP contribution < -0.4 is 4.74 Å². The number of thioether (sulfide) groups is 1. The fourth-order valence-corrected chi connectivity index (χ4v) is 5.18. The van der Waals surface area contributed by atoms with Crippen LogP contribution in [0.5, 0.6) is 5.75 Å². The first-order chi connectivity index (χ1) is 16.5. The molecule has 0 aliphatic carbocycles. The molecule has 1 fully saturated rings. The molecule has 0 N–H and O–H groups in total. The summed E-state index contributed by atoms with van der Waals surface area (Å²) in [5.74, 6) is 1.35. The van der Waals surface area contributed by atoms with Crippen molar-refractivity contribution >= 4 is 23.7 Å². The van der Waals surface area contributed by atoms with Gasteiger partial charge in [0.2, 0.25) is 17.6 Å². The number of ether oxygens (including phenoxy) is 1. The molecule has 3 heterocycles. The molecule has 2 unspecified atom stereocenters. The topological polar surface area (TPSA) is 88.8 Å². The smallest absolute Gasteiger partial charge is 0.328 e. The lowest BCUT2D eigenvalue weighted by Gasteiger charge is -2.40.